The first kappa shape index (κ1) is 13.6. The lowest BCUT2D eigenvalue weighted by atomic mass is 10.2. The molecule has 1 aromatic rings. The fourth-order valence-corrected chi connectivity index (χ4v) is 1.74. The van der Waals surface area contributed by atoms with E-state index in [1.54, 1.807) is 26.0 Å². The fourth-order valence-electron chi connectivity index (χ4n) is 1.31. The van der Waals surface area contributed by atoms with Crippen LogP contribution in [0.25, 0.3) is 0 Å². The van der Waals surface area contributed by atoms with Gasteiger partial charge in [0, 0.05) is 16.7 Å². The smallest absolute Gasteiger partial charge is 0.323 e. The molecule has 1 N–H and O–H groups in total. The molecule has 0 unspecified atom stereocenters. The maximum atomic E-state index is 12.1. The normalized spacial score (nSPS) is 10.4. The summed E-state index contributed by atoms with van der Waals surface area (Å²) >= 11 is 3.22. The van der Waals surface area contributed by atoms with E-state index < -0.39 is 11.9 Å². The lowest BCUT2D eigenvalue weighted by Crippen LogP contribution is -2.41. The second-order valence-electron chi connectivity index (χ2n) is 3.75. The van der Waals surface area contributed by atoms with Crippen LogP contribution in [0.3, 0.4) is 0 Å². The number of aromatic nitrogens is 1. The lowest BCUT2D eigenvalue weighted by molar-refractivity contribution is -0.138. The third-order valence-electron chi connectivity index (χ3n) is 2.15. The molecule has 0 bridgehead atoms. The van der Waals surface area contributed by atoms with Gasteiger partial charge in [0.1, 0.15) is 12.2 Å². The van der Waals surface area contributed by atoms with Gasteiger partial charge in [0.05, 0.1) is 0 Å². The molecule has 6 heteroatoms. The second-order valence-corrected chi connectivity index (χ2v) is 4.61. The monoisotopic (exact) mass is 300 g/mol. The van der Waals surface area contributed by atoms with Crippen LogP contribution in [0, 0.1) is 0 Å². The minimum absolute atomic E-state index is 0.201. The molecule has 17 heavy (non-hydrogen) atoms. The van der Waals surface area contributed by atoms with Gasteiger partial charge in [-0.15, -0.1) is 0 Å². The van der Waals surface area contributed by atoms with Crippen molar-refractivity contribution in [1.82, 2.24) is 9.88 Å². The van der Waals surface area contributed by atoms with Crippen molar-refractivity contribution >= 4 is 27.8 Å². The summed E-state index contributed by atoms with van der Waals surface area (Å²) in [5, 5.41) is 8.77. The highest BCUT2D eigenvalue weighted by atomic mass is 79.9. The molecule has 1 amide bonds. The highest BCUT2D eigenvalue weighted by molar-refractivity contribution is 9.10. The molecule has 1 aromatic heterocycles. The topological polar surface area (TPSA) is 70.5 Å². The number of amides is 1. The minimum atomic E-state index is -1.04. The van der Waals surface area contributed by atoms with Crippen molar-refractivity contribution in [2.24, 2.45) is 0 Å². The molecule has 0 saturated heterocycles. The Morgan fingerprint density at radius 1 is 1.53 bits per heavy atom. The zero-order valence-corrected chi connectivity index (χ0v) is 11.1. The van der Waals surface area contributed by atoms with Crippen LogP contribution in [0.2, 0.25) is 0 Å². The maximum Gasteiger partial charge on any atom is 0.323 e. The lowest BCUT2D eigenvalue weighted by Gasteiger charge is -2.24. The van der Waals surface area contributed by atoms with E-state index in [4.69, 9.17) is 5.11 Å². The first-order valence-corrected chi connectivity index (χ1v) is 5.86. The summed E-state index contributed by atoms with van der Waals surface area (Å²) in [5.41, 5.74) is 0.224. The Morgan fingerprint density at radius 3 is 2.65 bits per heavy atom. The van der Waals surface area contributed by atoms with Gasteiger partial charge >= 0.3 is 5.97 Å². The molecule has 0 fully saturated rings. The van der Waals surface area contributed by atoms with E-state index in [0.29, 0.717) is 4.47 Å². The number of carbonyl (C=O) groups is 2. The van der Waals surface area contributed by atoms with Crippen LogP contribution in [-0.2, 0) is 4.79 Å². The summed E-state index contributed by atoms with van der Waals surface area (Å²) in [6, 6.07) is 3.18. The number of hydrogen-bond donors (Lipinski definition) is 1. The van der Waals surface area contributed by atoms with Crippen LogP contribution in [0.4, 0.5) is 0 Å². The molecule has 0 aromatic carbocycles. The van der Waals surface area contributed by atoms with E-state index in [1.165, 1.54) is 11.1 Å². The minimum Gasteiger partial charge on any atom is -0.480 e. The molecular formula is C11H13BrN2O3. The summed E-state index contributed by atoms with van der Waals surface area (Å²) in [5.74, 6) is -1.44. The predicted molar refractivity (Wildman–Crippen MR) is 65.7 cm³/mol. The van der Waals surface area contributed by atoms with E-state index in [1.807, 2.05) is 0 Å². The van der Waals surface area contributed by atoms with Crippen molar-refractivity contribution in [3.05, 3.63) is 28.5 Å². The van der Waals surface area contributed by atoms with Gasteiger partial charge < -0.3 is 10.0 Å². The SMILES string of the molecule is CC(C)N(CC(=O)O)C(=O)c1ncccc1Br. The highest BCUT2D eigenvalue weighted by Gasteiger charge is 2.23. The Labute approximate surface area is 108 Å². The van der Waals surface area contributed by atoms with E-state index in [0.717, 1.165) is 0 Å². The highest BCUT2D eigenvalue weighted by Crippen LogP contribution is 2.16. The molecule has 1 rings (SSSR count). The summed E-state index contributed by atoms with van der Waals surface area (Å²) in [7, 11) is 0. The molecule has 0 aliphatic carbocycles. The van der Waals surface area contributed by atoms with Crippen LogP contribution in [0.1, 0.15) is 24.3 Å². The summed E-state index contributed by atoms with van der Waals surface area (Å²) in [4.78, 5) is 28.0. The molecule has 0 atom stereocenters. The van der Waals surface area contributed by atoms with Gasteiger partial charge in [-0.05, 0) is 41.9 Å². The van der Waals surface area contributed by atoms with Gasteiger partial charge in [-0.25, -0.2) is 4.98 Å². The van der Waals surface area contributed by atoms with Crippen LogP contribution in [-0.4, -0.2) is 39.5 Å². The van der Waals surface area contributed by atoms with Gasteiger partial charge in [0.25, 0.3) is 5.91 Å². The third kappa shape index (κ3) is 3.52. The van der Waals surface area contributed by atoms with Crippen LogP contribution < -0.4 is 0 Å². The average Bonchev–Trinajstić information content (AvgIpc) is 2.25. The number of pyridine rings is 1. The number of carboxylic acid groups (broad SMARTS) is 1. The molecule has 0 aliphatic rings. The van der Waals surface area contributed by atoms with E-state index in [-0.39, 0.29) is 18.3 Å². The number of carbonyl (C=O) groups excluding carboxylic acids is 1. The largest absolute Gasteiger partial charge is 0.480 e. The van der Waals surface area contributed by atoms with Gasteiger partial charge in [-0.2, -0.15) is 0 Å². The molecule has 0 saturated carbocycles. The quantitative estimate of drug-likeness (QED) is 0.920. The van der Waals surface area contributed by atoms with Crippen molar-refractivity contribution in [3.63, 3.8) is 0 Å². The Hall–Kier alpha value is -1.43. The van der Waals surface area contributed by atoms with E-state index >= 15 is 0 Å². The van der Waals surface area contributed by atoms with E-state index in [9.17, 15) is 9.59 Å². The fraction of sp³-hybridized carbons (Fsp3) is 0.364. The molecule has 0 spiro atoms. The first-order chi connectivity index (χ1) is 7.93. The maximum absolute atomic E-state index is 12.1. The third-order valence-corrected chi connectivity index (χ3v) is 2.79. The van der Waals surface area contributed by atoms with Gasteiger partial charge in [0.2, 0.25) is 0 Å². The number of nitrogens with zero attached hydrogens (tertiary/aromatic N) is 2. The van der Waals surface area contributed by atoms with E-state index in [2.05, 4.69) is 20.9 Å². The van der Waals surface area contributed by atoms with Crippen LogP contribution in [0.5, 0.6) is 0 Å². The molecular weight excluding hydrogens is 288 g/mol. The molecule has 92 valence electrons. The van der Waals surface area contributed by atoms with Crippen molar-refractivity contribution < 1.29 is 14.7 Å². The predicted octanol–water partition coefficient (Wildman–Crippen LogP) is 1.78. The van der Waals surface area contributed by atoms with Gasteiger partial charge in [-0.3, -0.25) is 9.59 Å². The van der Waals surface area contributed by atoms with Crippen LogP contribution in [0.15, 0.2) is 22.8 Å². The molecule has 0 aliphatic heterocycles. The summed E-state index contributed by atoms with van der Waals surface area (Å²) in [6.07, 6.45) is 1.50. The van der Waals surface area contributed by atoms with Crippen molar-refractivity contribution in [3.8, 4) is 0 Å². The number of hydrogen-bond acceptors (Lipinski definition) is 3. The Kier molecular flexibility index (Phi) is 4.62. The Bertz CT molecular complexity index is 434. The molecule has 0 radical (unpaired) electrons. The second kappa shape index (κ2) is 5.77. The number of halogens is 1. The molecule has 1 heterocycles. The zero-order valence-electron chi connectivity index (χ0n) is 9.55. The molecule has 5 nitrogen and oxygen atoms in total. The summed E-state index contributed by atoms with van der Waals surface area (Å²) in [6.45, 7) is 3.19. The van der Waals surface area contributed by atoms with Gasteiger partial charge in [-0.1, -0.05) is 0 Å². The van der Waals surface area contributed by atoms with Crippen LogP contribution >= 0.6 is 15.9 Å². The standard InChI is InChI=1S/C11H13BrN2O3/c1-7(2)14(6-9(15)16)11(17)10-8(12)4-3-5-13-10/h3-5,7H,6H2,1-2H3,(H,15,16). The van der Waals surface area contributed by atoms with Crippen molar-refractivity contribution in [1.29, 1.82) is 0 Å². The van der Waals surface area contributed by atoms with Gasteiger partial charge in [0.15, 0.2) is 0 Å². The average molecular weight is 301 g/mol. The van der Waals surface area contributed by atoms with Crippen molar-refractivity contribution in [2.75, 3.05) is 6.54 Å². The number of carboxylic acids is 1. The summed E-state index contributed by atoms with van der Waals surface area (Å²) < 4.78 is 0.557. The van der Waals surface area contributed by atoms with Crippen molar-refractivity contribution in [2.45, 2.75) is 19.9 Å². The number of aliphatic carboxylic acids is 1. The Morgan fingerprint density at radius 2 is 2.18 bits per heavy atom. The first-order valence-electron chi connectivity index (χ1n) is 5.06. The Balaban J connectivity index is 3.00. The zero-order chi connectivity index (χ0) is 13.0. The number of rotatable bonds is 4.